The quantitative estimate of drug-likeness (QED) is 0.357. The molecule has 0 atom stereocenters. The summed E-state index contributed by atoms with van der Waals surface area (Å²) in [6.45, 7) is 4.93. The molecule has 1 amide bonds. The van der Waals surface area contributed by atoms with Crippen LogP contribution in [0.3, 0.4) is 0 Å². The third-order valence-corrected chi connectivity index (χ3v) is 6.48. The molecule has 0 radical (unpaired) electrons. The third kappa shape index (κ3) is 5.23. The molecule has 0 aliphatic rings. The maximum atomic E-state index is 12.3. The number of benzene rings is 1. The number of thioether (sulfide) groups is 1. The van der Waals surface area contributed by atoms with Crippen molar-refractivity contribution in [2.45, 2.75) is 31.2 Å². The second kappa shape index (κ2) is 9.93. The fourth-order valence-corrected chi connectivity index (χ4v) is 4.66. The van der Waals surface area contributed by atoms with Gasteiger partial charge in [-0.1, -0.05) is 43.8 Å². The summed E-state index contributed by atoms with van der Waals surface area (Å²) in [6.07, 6.45) is 2.57. The van der Waals surface area contributed by atoms with Crippen LogP contribution in [-0.4, -0.2) is 32.2 Å². The molecule has 160 valence electrons. The minimum atomic E-state index is -0.124. The van der Waals surface area contributed by atoms with Crippen molar-refractivity contribution < 1.29 is 9.21 Å². The predicted octanol–water partition coefficient (Wildman–Crippen LogP) is 5.05. The summed E-state index contributed by atoms with van der Waals surface area (Å²) >= 11 is 3.00. The normalized spacial score (nSPS) is 11.2. The van der Waals surface area contributed by atoms with E-state index in [-0.39, 0.29) is 5.91 Å². The Kier molecular flexibility index (Phi) is 6.83. The highest BCUT2D eigenvalue weighted by Crippen LogP contribution is 2.30. The van der Waals surface area contributed by atoms with Gasteiger partial charge >= 0.3 is 0 Å². The molecule has 0 aliphatic carbocycles. The zero-order valence-electron chi connectivity index (χ0n) is 17.3. The molecule has 0 unspecified atom stereocenters. The van der Waals surface area contributed by atoms with E-state index < -0.39 is 0 Å². The van der Waals surface area contributed by atoms with E-state index in [1.54, 1.807) is 11.6 Å². The molecular formula is C22H23N5O2S2. The lowest BCUT2D eigenvalue weighted by Crippen LogP contribution is -2.25. The van der Waals surface area contributed by atoms with Crippen molar-refractivity contribution in [3.8, 4) is 17.3 Å². The Morgan fingerprint density at radius 1 is 1.19 bits per heavy atom. The minimum absolute atomic E-state index is 0.124. The third-order valence-electron chi connectivity index (χ3n) is 4.51. The van der Waals surface area contributed by atoms with Crippen LogP contribution in [-0.2, 0) is 5.75 Å². The number of hydrogen-bond donors (Lipinski definition) is 1. The standard InChI is InChI=1S/C22H23N5O2S2/c1-15(2)10-11-23-21(28)17-13-30-19(24-17)14-31-22-26-25-20(18-9-6-12-29-18)27(22)16-7-4-3-5-8-16/h3-9,12-13,15H,10-11,14H2,1-2H3,(H,23,28). The number of rotatable bonds is 9. The summed E-state index contributed by atoms with van der Waals surface area (Å²) in [5.41, 5.74) is 1.41. The number of thiazole rings is 1. The zero-order chi connectivity index (χ0) is 21.6. The van der Waals surface area contributed by atoms with Crippen molar-refractivity contribution in [1.82, 2.24) is 25.1 Å². The Labute approximate surface area is 188 Å². The van der Waals surface area contributed by atoms with Crippen LogP contribution in [0.4, 0.5) is 0 Å². The molecule has 31 heavy (non-hydrogen) atoms. The topological polar surface area (TPSA) is 85.8 Å². The van der Waals surface area contributed by atoms with Crippen LogP contribution in [0.2, 0.25) is 0 Å². The van der Waals surface area contributed by atoms with Gasteiger partial charge in [0.2, 0.25) is 5.82 Å². The molecule has 9 heteroatoms. The van der Waals surface area contributed by atoms with E-state index in [2.05, 4.69) is 34.3 Å². The molecule has 1 aromatic carbocycles. The van der Waals surface area contributed by atoms with E-state index in [0.29, 0.717) is 35.5 Å². The van der Waals surface area contributed by atoms with Gasteiger partial charge in [-0.3, -0.25) is 9.36 Å². The van der Waals surface area contributed by atoms with Crippen molar-refractivity contribution in [2.75, 3.05) is 6.54 Å². The molecule has 0 aliphatic heterocycles. The van der Waals surface area contributed by atoms with Crippen LogP contribution >= 0.6 is 23.1 Å². The number of nitrogens with zero attached hydrogens (tertiary/aromatic N) is 4. The van der Waals surface area contributed by atoms with Gasteiger partial charge < -0.3 is 9.73 Å². The average molecular weight is 454 g/mol. The smallest absolute Gasteiger partial charge is 0.270 e. The van der Waals surface area contributed by atoms with Gasteiger partial charge in [-0.15, -0.1) is 21.5 Å². The first-order chi connectivity index (χ1) is 15.1. The number of para-hydroxylation sites is 1. The highest BCUT2D eigenvalue weighted by Gasteiger charge is 2.19. The van der Waals surface area contributed by atoms with Gasteiger partial charge in [0.05, 0.1) is 12.0 Å². The number of carbonyl (C=O) groups excluding carboxylic acids is 1. The molecule has 3 heterocycles. The van der Waals surface area contributed by atoms with E-state index in [1.165, 1.54) is 23.1 Å². The Hall–Kier alpha value is -2.91. The van der Waals surface area contributed by atoms with Crippen LogP contribution in [0.15, 0.2) is 63.7 Å². The SMILES string of the molecule is CC(C)CCNC(=O)c1csc(CSc2nnc(-c3ccco3)n2-c2ccccc2)n1. The van der Waals surface area contributed by atoms with Crippen LogP contribution in [0.1, 0.15) is 35.8 Å². The van der Waals surface area contributed by atoms with E-state index in [1.807, 2.05) is 47.0 Å². The van der Waals surface area contributed by atoms with Crippen LogP contribution in [0, 0.1) is 5.92 Å². The lowest BCUT2D eigenvalue weighted by Gasteiger charge is -2.08. The lowest BCUT2D eigenvalue weighted by molar-refractivity contribution is 0.0947. The Bertz CT molecular complexity index is 1120. The number of nitrogens with one attached hydrogen (secondary N) is 1. The monoisotopic (exact) mass is 453 g/mol. The number of hydrogen-bond acceptors (Lipinski definition) is 7. The van der Waals surface area contributed by atoms with Gasteiger partial charge in [0.15, 0.2) is 10.9 Å². The van der Waals surface area contributed by atoms with Crippen molar-refractivity contribution in [1.29, 1.82) is 0 Å². The minimum Gasteiger partial charge on any atom is -0.461 e. The maximum Gasteiger partial charge on any atom is 0.270 e. The van der Waals surface area contributed by atoms with Gasteiger partial charge in [0.1, 0.15) is 10.7 Å². The second-order valence-corrected chi connectivity index (χ2v) is 9.19. The molecule has 0 saturated carbocycles. The van der Waals surface area contributed by atoms with E-state index in [4.69, 9.17) is 4.42 Å². The summed E-state index contributed by atoms with van der Waals surface area (Å²) in [7, 11) is 0. The van der Waals surface area contributed by atoms with Crippen molar-refractivity contribution in [3.05, 3.63) is 64.8 Å². The first kappa shape index (κ1) is 21.3. The summed E-state index contributed by atoms with van der Waals surface area (Å²) in [4.78, 5) is 16.8. The van der Waals surface area contributed by atoms with Gasteiger partial charge in [-0.2, -0.15) is 0 Å². The molecule has 7 nitrogen and oxygen atoms in total. The predicted molar refractivity (Wildman–Crippen MR) is 123 cm³/mol. The molecule has 0 spiro atoms. The second-order valence-electron chi connectivity index (χ2n) is 7.31. The first-order valence-corrected chi connectivity index (χ1v) is 11.9. The van der Waals surface area contributed by atoms with E-state index >= 15 is 0 Å². The van der Waals surface area contributed by atoms with Crippen LogP contribution in [0.5, 0.6) is 0 Å². The highest BCUT2D eigenvalue weighted by molar-refractivity contribution is 7.98. The number of carbonyl (C=O) groups is 1. The molecule has 0 saturated heterocycles. The molecule has 4 rings (SSSR count). The fourth-order valence-electron chi connectivity index (χ4n) is 2.91. The molecule has 4 aromatic rings. The van der Waals surface area contributed by atoms with Crippen molar-refractivity contribution in [3.63, 3.8) is 0 Å². The van der Waals surface area contributed by atoms with Crippen molar-refractivity contribution >= 4 is 29.0 Å². The summed E-state index contributed by atoms with van der Waals surface area (Å²) in [5, 5.41) is 15.0. The van der Waals surface area contributed by atoms with Gasteiger partial charge in [0.25, 0.3) is 5.91 Å². The maximum absolute atomic E-state index is 12.3. The average Bonchev–Trinajstić information content (AvgIpc) is 3.52. The Morgan fingerprint density at radius 3 is 2.77 bits per heavy atom. The molecule has 3 aromatic heterocycles. The largest absolute Gasteiger partial charge is 0.461 e. The summed E-state index contributed by atoms with van der Waals surface area (Å²) in [6, 6.07) is 13.6. The summed E-state index contributed by atoms with van der Waals surface area (Å²) in [5.74, 6) is 2.31. The number of furan rings is 1. The summed E-state index contributed by atoms with van der Waals surface area (Å²) < 4.78 is 7.52. The van der Waals surface area contributed by atoms with E-state index in [9.17, 15) is 4.79 Å². The van der Waals surface area contributed by atoms with Crippen molar-refractivity contribution in [2.24, 2.45) is 5.92 Å². The van der Waals surface area contributed by atoms with Gasteiger partial charge in [-0.05, 0) is 36.6 Å². The molecule has 0 fully saturated rings. The Balaban J connectivity index is 1.48. The number of aromatic nitrogens is 4. The highest BCUT2D eigenvalue weighted by atomic mass is 32.2. The lowest BCUT2D eigenvalue weighted by atomic mass is 10.1. The molecule has 1 N–H and O–H groups in total. The van der Waals surface area contributed by atoms with Crippen LogP contribution < -0.4 is 5.32 Å². The Morgan fingerprint density at radius 2 is 2.03 bits per heavy atom. The molecule has 0 bridgehead atoms. The number of amides is 1. The molecular weight excluding hydrogens is 430 g/mol. The fraction of sp³-hybridized carbons (Fsp3) is 0.273. The van der Waals surface area contributed by atoms with Gasteiger partial charge in [-0.25, -0.2) is 4.98 Å². The van der Waals surface area contributed by atoms with E-state index in [0.717, 1.165) is 22.3 Å². The van der Waals surface area contributed by atoms with Gasteiger partial charge in [0, 0.05) is 17.6 Å². The zero-order valence-corrected chi connectivity index (χ0v) is 18.9. The first-order valence-electron chi connectivity index (χ1n) is 10.0. The van der Waals surface area contributed by atoms with Crippen LogP contribution in [0.25, 0.3) is 17.3 Å².